The van der Waals surface area contributed by atoms with E-state index in [-0.39, 0.29) is 23.7 Å². The summed E-state index contributed by atoms with van der Waals surface area (Å²) in [6, 6.07) is 26.1. The molecule has 1 spiro atoms. The van der Waals surface area contributed by atoms with E-state index < -0.39 is 0 Å². The second kappa shape index (κ2) is 12.9. The lowest BCUT2D eigenvalue weighted by molar-refractivity contribution is -0.139. The molecular weight excluding hydrogens is 621 g/mol. The Hall–Kier alpha value is -2.38. The third kappa shape index (κ3) is 6.51. The molecule has 3 aliphatic rings. The Bertz CT molecular complexity index is 1350. The van der Waals surface area contributed by atoms with Crippen LogP contribution < -0.4 is 0 Å². The van der Waals surface area contributed by atoms with E-state index in [0.717, 1.165) is 63.0 Å². The van der Waals surface area contributed by atoms with Crippen molar-refractivity contribution in [2.24, 2.45) is 11.3 Å². The maximum atomic E-state index is 13.6. The molecule has 3 aromatic carbocycles. The van der Waals surface area contributed by atoms with Crippen LogP contribution in [0.25, 0.3) is 0 Å². The van der Waals surface area contributed by atoms with Crippen LogP contribution in [0.1, 0.15) is 46.7 Å². The Morgan fingerprint density at radius 2 is 1.54 bits per heavy atom. The topological polar surface area (TPSA) is 43.9 Å². The SMILES string of the molecule is Cl.O=C(c1ccc(Cl)cc1)N1C[C@H](CN2CCC3(CC2)CCN(Cc2ccc(Br)cc2)C3=O)[C@@H](c2ccccc2)C1. The van der Waals surface area contributed by atoms with E-state index >= 15 is 0 Å². The van der Waals surface area contributed by atoms with Crippen molar-refractivity contribution in [2.45, 2.75) is 31.7 Å². The van der Waals surface area contributed by atoms with Crippen molar-refractivity contribution in [3.63, 3.8) is 0 Å². The number of benzene rings is 3. The molecule has 5 nitrogen and oxygen atoms in total. The van der Waals surface area contributed by atoms with E-state index in [0.29, 0.717) is 34.9 Å². The molecule has 2 atom stereocenters. The molecule has 3 saturated heterocycles. The van der Waals surface area contributed by atoms with Crippen LogP contribution in [-0.4, -0.2) is 65.8 Å². The minimum atomic E-state index is -0.211. The summed E-state index contributed by atoms with van der Waals surface area (Å²) in [7, 11) is 0. The van der Waals surface area contributed by atoms with Gasteiger partial charge in [-0.1, -0.05) is 70.0 Å². The van der Waals surface area contributed by atoms with Gasteiger partial charge in [-0.3, -0.25) is 9.59 Å². The number of carbonyl (C=O) groups excluding carboxylic acids is 2. The Morgan fingerprint density at radius 1 is 0.878 bits per heavy atom. The van der Waals surface area contributed by atoms with Crippen LogP contribution in [0.3, 0.4) is 0 Å². The second-order valence-corrected chi connectivity index (χ2v) is 13.0. The van der Waals surface area contributed by atoms with Gasteiger partial charge in [-0.25, -0.2) is 0 Å². The second-order valence-electron chi connectivity index (χ2n) is 11.7. The summed E-state index contributed by atoms with van der Waals surface area (Å²) in [6.45, 7) is 5.80. The number of nitrogens with zero attached hydrogens (tertiary/aromatic N) is 3. The van der Waals surface area contributed by atoms with Crippen molar-refractivity contribution < 1.29 is 9.59 Å². The van der Waals surface area contributed by atoms with Crippen LogP contribution in [0, 0.1) is 11.3 Å². The molecule has 0 radical (unpaired) electrons. The van der Waals surface area contributed by atoms with E-state index in [2.05, 4.69) is 62.1 Å². The quantitative estimate of drug-likeness (QED) is 0.290. The fraction of sp³-hybridized carbons (Fsp3) is 0.394. The molecular formula is C33H36BrCl2N3O2. The van der Waals surface area contributed by atoms with Crippen molar-refractivity contribution in [3.05, 3.63) is 105 Å². The summed E-state index contributed by atoms with van der Waals surface area (Å²) < 4.78 is 1.06. The molecule has 3 aliphatic heterocycles. The highest BCUT2D eigenvalue weighted by Gasteiger charge is 2.48. The van der Waals surface area contributed by atoms with Gasteiger partial charge in [0, 0.05) is 53.7 Å². The summed E-state index contributed by atoms with van der Waals surface area (Å²) in [5.41, 5.74) is 2.94. The summed E-state index contributed by atoms with van der Waals surface area (Å²) in [6.07, 6.45) is 2.78. The first-order chi connectivity index (χ1) is 19.4. The number of hydrogen-bond donors (Lipinski definition) is 0. The molecule has 6 rings (SSSR count). The van der Waals surface area contributed by atoms with Crippen molar-refractivity contribution in [2.75, 3.05) is 39.3 Å². The highest BCUT2D eigenvalue weighted by molar-refractivity contribution is 9.10. The lowest BCUT2D eigenvalue weighted by atomic mass is 9.76. The fourth-order valence-corrected chi connectivity index (χ4v) is 7.28. The monoisotopic (exact) mass is 655 g/mol. The maximum Gasteiger partial charge on any atom is 0.253 e. The van der Waals surface area contributed by atoms with E-state index in [1.807, 2.05) is 35.2 Å². The third-order valence-electron chi connectivity index (χ3n) is 9.24. The highest BCUT2D eigenvalue weighted by Crippen LogP contribution is 2.43. The molecule has 0 aliphatic carbocycles. The van der Waals surface area contributed by atoms with Crippen LogP contribution in [0.5, 0.6) is 0 Å². The van der Waals surface area contributed by atoms with E-state index in [9.17, 15) is 9.59 Å². The smallest absolute Gasteiger partial charge is 0.253 e. The van der Waals surface area contributed by atoms with Gasteiger partial charge in [0.1, 0.15) is 0 Å². The summed E-state index contributed by atoms with van der Waals surface area (Å²) in [5.74, 6) is 1.04. The summed E-state index contributed by atoms with van der Waals surface area (Å²) in [4.78, 5) is 33.5. The molecule has 0 aromatic heterocycles. The average Bonchev–Trinajstić information content (AvgIpc) is 3.53. The minimum absolute atomic E-state index is 0. The van der Waals surface area contributed by atoms with Gasteiger partial charge in [-0.05, 0) is 85.8 Å². The third-order valence-corrected chi connectivity index (χ3v) is 10.0. The summed E-state index contributed by atoms with van der Waals surface area (Å²) >= 11 is 9.55. The Morgan fingerprint density at radius 3 is 2.22 bits per heavy atom. The normalized spacial score (nSPS) is 22.2. The van der Waals surface area contributed by atoms with Gasteiger partial charge in [-0.15, -0.1) is 12.4 Å². The Labute approximate surface area is 262 Å². The van der Waals surface area contributed by atoms with Gasteiger partial charge < -0.3 is 14.7 Å². The van der Waals surface area contributed by atoms with Gasteiger partial charge in [0.05, 0.1) is 5.41 Å². The van der Waals surface area contributed by atoms with Gasteiger partial charge >= 0.3 is 0 Å². The molecule has 0 N–H and O–H groups in total. The van der Waals surface area contributed by atoms with Gasteiger partial charge in [0.2, 0.25) is 5.91 Å². The molecule has 0 saturated carbocycles. The number of hydrogen-bond acceptors (Lipinski definition) is 3. The fourth-order valence-electron chi connectivity index (χ4n) is 6.89. The first-order valence-electron chi connectivity index (χ1n) is 14.3. The van der Waals surface area contributed by atoms with E-state index in [4.69, 9.17) is 11.6 Å². The van der Waals surface area contributed by atoms with Gasteiger partial charge in [0.15, 0.2) is 0 Å². The largest absolute Gasteiger partial charge is 0.338 e. The Balaban J connectivity index is 0.00000337. The first-order valence-corrected chi connectivity index (χ1v) is 15.4. The molecule has 3 heterocycles. The number of amides is 2. The zero-order valence-electron chi connectivity index (χ0n) is 23.1. The molecule has 2 amide bonds. The van der Waals surface area contributed by atoms with E-state index in [1.165, 1.54) is 11.1 Å². The van der Waals surface area contributed by atoms with Crippen LogP contribution in [0.15, 0.2) is 83.3 Å². The zero-order chi connectivity index (χ0) is 27.7. The summed E-state index contributed by atoms with van der Waals surface area (Å²) in [5, 5.41) is 0.637. The molecule has 41 heavy (non-hydrogen) atoms. The highest BCUT2D eigenvalue weighted by atomic mass is 79.9. The standard InChI is InChI=1S/C33H35BrClN3O2.ClH/c34-28-10-6-24(7-11-28)20-37-19-16-33(32(37)40)14-17-36(18-15-33)21-27-22-38(23-30(27)25-4-2-1-3-5-25)31(39)26-8-12-29(35)13-9-26;/h1-13,27,30H,14-23H2;1H/t27-,30+;/m0./s1. The van der Waals surface area contributed by atoms with Crippen molar-refractivity contribution in [1.29, 1.82) is 0 Å². The van der Waals surface area contributed by atoms with E-state index in [1.54, 1.807) is 12.1 Å². The van der Waals surface area contributed by atoms with Crippen LogP contribution in [0.2, 0.25) is 5.02 Å². The predicted octanol–water partition coefficient (Wildman–Crippen LogP) is 6.89. The molecule has 0 bridgehead atoms. The van der Waals surface area contributed by atoms with Crippen LogP contribution in [0.4, 0.5) is 0 Å². The molecule has 8 heteroatoms. The van der Waals surface area contributed by atoms with Gasteiger partial charge in [0.25, 0.3) is 5.91 Å². The van der Waals surface area contributed by atoms with Crippen molar-refractivity contribution in [1.82, 2.24) is 14.7 Å². The number of rotatable bonds is 6. The predicted molar refractivity (Wildman–Crippen MR) is 170 cm³/mol. The van der Waals surface area contributed by atoms with Crippen LogP contribution >= 0.6 is 39.9 Å². The number of halogens is 3. The van der Waals surface area contributed by atoms with Crippen LogP contribution in [-0.2, 0) is 11.3 Å². The Kier molecular flexibility index (Phi) is 9.44. The van der Waals surface area contributed by atoms with Gasteiger partial charge in [-0.2, -0.15) is 0 Å². The minimum Gasteiger partial charge on any atom is -0.338 e. The van der Waals surface area contributed by atoms with Crippen molar-refractivity contribution in [3.8, 4) is 0 Å². The maximum absolute atomic E-state index is 13.6. The number of likely N-dealkylation sites (tertiary alicyclic amines) is 3. The molecule has 3 aromatic rings. The molecule has 216 valence electrons. The zero-order valence-corrected chi connectivity index (χ0v) is 26.2. The first kappa shape index (κ1) is 30.1. The van der Waals surface area contributed by atoms with Crippen molar-refractivity contribution >= 4 is 51.8 Å². The molecule has 3 fully saturated rings. The average molecular weight is 657 g/mol. The molecule has 0 unspecified atom stereocenters. The lowest BCUT2D eigenvalue weighted by Gasteiger charge is -2.39. The lowest BCUT2D eigenvalue weighted by Crippen LogP contribution is -2.46. The number of piperidine rings is 1. The number of carbonyl (C=O) groups is 2.